The van der Waals surface area contributed by atoms with Crippen molar-refractivity contribution >= 4 is 10.9 Å². The molecule has 1 aromatic heterocycles. The summed E-state index contributed by atoms with van der Waals surface area (Å²) in [5.41, 5.74) is 1.74. The van der Waals surface area contributed by atoms with Gasteiger partial charge in [-0.3, -0.25) is 18.8 Å². The lowest BCUT2D eigenvalue weighted by Gasteiger charge is -2.30. The smallest absolute Gasteiger partial charge is 0.331 e. The van der Waals surface area contributed by atoms with Crippen molar-refractivity contribution in [2.45, 2.75) is 45.0 Å². The minimum absolute atomic E-state index is 0.0816. The van der Waals surface area contributed by atoms with Crippen LogP contribution in [-0.4, -0.2) is 38.3 Å². The van der Waals surface area contributed by atoms with Gasteiger partial charge in [-0.25, -0.2) is 9.18 Å². The second-order valence-corrected chi connectivity index (χ2v) is 8.79. The molecule has 31 heavy (non-hydrogen) atoms. The summed E-state index contributed by atoms with van der Waals surface area (Å²) in [6, 6.07) is 12.6. The average molecular weight is 423 g/mol. The first-order valence-corrected chi connectivity index (χ1v) is 10.9. The van der Waals surface area contributed by atoms with E-state index in [-0.39, 0.29) is 11.9 Å². The molecule has 1 aliphatic heterocycles. The van der Waals surface area contributed by atoms with Crippen LogP contribution >= 0.6 is 0 Å². The van der Waals surface area contributed by atoms with Crippen molar-refractivity contribution in [2.75, 3.05) is 13.1 Å². The number of β-amino-alcohol motifs (C(OH)–C–C–N with tert-alkyl or cyclic N) is 1. The van der Waals surface area contributed by atoms with Crippen molar-refractivity contribution in [1.29, 1.82) is 0 Å². The van der Waals surface area contributed by atoms with Gasteiger partial charge in [0.1, 0.15) is 5.82 Å². The zero-order valence-corrected chi connectivity index (χ0v) is 17.3. The summed E-state index contributed by atoms with van der Waals surface area (Å²) < 4.78 is 17.1. The van der Waals surface area contributed by atoms with Gasteiger partial charge in [-0.2, -0.15) is 0 Å². The largest absolute Gasteiger partial charge is 0.390 e. The molecule has 0 bridgehead atoms. The fraction of sp³-hybridized carbons (Fsp3) is 0.417. The number of nitrogens with zero attached hydrogens (tertiary/aromatic N) is 3. The van der Waals surface area contributed by atoms with Crippen LogP contribution in [0, 0.1) is 11.7 Å². The molecule has 0 radical (unpaired) electrons. The van der Waals surface area contributed by atoms with Gasteiger partial charge in [-0.1, -0.05) is 30.3 Å². The van der Waals surface area contributed by atoms with E-state index in [4.69, 9.17) is 0 Å². The molecule has 6 nitrogen and oxygen atoms in total. The Hall–Kier alpha value is -2.77. The Morgan fingerprint density at radius 3 is 2.55 bits per heavy atom. The molecule has 2 heterocycles. The molecule has 162 valence electrons. The van der Waals surface area contributed by atoms with Crippen LogP contribution in [0.15, 0.2) is 52.1 Å². The molecule has 5 rings (SSSR count). The Morgan fingerprint density at radius 1 is 1.00 bits per heavy atom. The van der Waals surface area contributed by atoms with Crippen LogP contribution < -0.4 is 11.2 Å². The Labute approximate surface area is 179 Å². The maximum absolute atomic E-state index is 14.5. The Balaban J connectivity index is 1.43. The quantitative estimate of drug-likeness (QED) is 0.660. The minimum atomic E-state index is -0.908. The van der Waals surface area contributed by atoms with Crippen LogP contribution in [0.4, 0.5) is 4.39 Å². The zero-order chi connectivity index (χ0) is 21.5. The van der Waals surface area contributed by atoms with Crippen molar-refractivity contribution in [1.82, 2.24) is 14.0 Å². The molecular weight excluding hydrogens is 397 g/mol. The van der Waals surface area contributed by atoms with E-state index in [9.17, 15) is 19.1 Å². The number of halogens is 1. The molecule has 1 aliphatic carbocycles. The Bertz CT molecular complexity index is 1250. The van der Waals surface area contributed by atoms with Gasteiger partial charge in [-0.05, 0) is 48.4 Å². The summed E-state index contributed by atoms with van der Waals surface area (Å²) in [6.45, 7) is 2.20. The van der Waals surface area contributed by atoms with E-state index >= 15 is 0 Å². The molecule has 0 saturated heterocycles. The Kier molecular flexibility index (Phi) is 5.24. The number of hydrogen-bond acceptors (Lipinski definition) is 4. The third-order valence-electron chi connectivity index (χ3n) is 6.41. The lowest BCUT2D eigenvalue weighted by atomic mass is 10.00. The highest BCUT2D eigenvalue weighted by atomic mass is 19.1. The van der Waals surface area contributed by atoms with Gasteiger partial charge in [0.2, 0.25) is 0 Å². The van der Waals surface area contributed by atoms with Crippen molar-refractivity contribution in [3.05, 3.63) is 80.2 Å². The molecule has 1 atom stereocenters. The number of aliphatic hydroxyl groups excluding tert-OH is 1. The van der Waals surface area contributed by atoms with Gasteiger partial charge >= 0.3 is 5.69 Å². The van der Waals surface area contributed by atoms with Crippen molar-refractivity contribution in [2.24, 2.45) is 5.92 Å². The van der Waals surface area contributed by atoms with E-state index in [2.05, 4.69) is 17.0 Å². The second-order valence-electron chi connectivity index (χ2n) is 8.79. The number of fused-ring (bicyclic) bond motifs is 2. The number of aliphatic hydroxyl groups is 1. The van der Waals surface area contributed by atoms with Crippen LogP contribution in [0.2, 0.25) is 0 Å². The van der Waals surface area contributed by atoms with E-state index in [0.717, 1.165) is 36.9 Å². The fourth-order valence-electron chi connectivity index (χ4n) is 4.59. The third-order valence-corrected chi connectivity index (χ3v) is 6.41. The third kappa shape index (κ3) is 3.95. The highest BCUT2D eigenvalue weighted by Crippen LogP contribution is 2.31. The first kappa shape index (κ1) is 20.2. The SMILES string of the molecule is O=c1c2c(F)cccc2n(CC2CC2)c(=O)n1C[C@H](O)CN1CCc2ccccc2C1. The fourth-order valence-corrected chi connectivity index (χ4v) is 4.59. The first-order chi connectivity index (χ1) is 15.0. The lowest BCUT2D eigenvalue weighted by Crippen LogP contribution is -2.45. The molecule has 1 fully saturated rings. The van der Waals surface area contributed by atoms with E-state index in [1.165, 1.54) is 27.8 Å². The highest BCUT2D eigenvalue weighted by molar-refractivity contribution is 5.78. The molecule has 2 aliphatic rings. The van der Waals surface area contributed by atoms with E-state index in [0.29, 0.717) is 24.5 Å². The molecule has 7 heteroatoms. The molecule has 0 unspecified atom stereocenters. The van der Waals surface area contributed by atoms with Crippen molar-refractivity contribution in [3.63, 3.8) is 0 Å². The second kappa shape index (κ2) is 8.05. The first-order valence-electron chi connectivity index (χ1n) is 10.9. The number of hydrogen-bond donors (Lipinski definition) is 1. The lowest BCUT2D eigenvalue weighted by molar-refractivity contribution is 0.0896. The highest BCUT2D eigenvalue weighted by Gasteiger charge is 2.26. The minimum Gasteiger partial charge on any atom is -0.390 e. The molecule has 1 N–H and O–H groups in total. The van der Waals surface area contributed by atoms with Gasteiger partial charge in [0.15, 0.2) is 0 Å². The maximum atomic E-state index is 14.5. The van der Waals surface area contributed by atoms with Crippen LogP contribution in [0.5, 0.6) is 0 Å². The van der Waals surface area contributed by atoms with Crippen molar-refractivity contribution < 1.29 is 9.50 Å². The molecule has 0 spiro atoms. The summed E-state index contributed by atoms with van der Waals surface area (Å²) in [4.78, 5) is 28.3. The number of rotatable bonds is 6. The van der Waals surface area contributed by atoms with E-state index in [1.807, 2.05) is 12.1 Å². The molecule has 1 saturated carbocycles. The summed E-state index contributed by atoms with van der Waals surface area (Å²) in [6.07, 6.45) is 2.05. The van der Waals surface area contributed by atoms with Crippen LogP contribution in [-0.2, 0) is 26.1 Å². The van der Waals surface area contributed by atoms with Crippen LogP contribution in [0.1, 0.15) is 24.0 Å². The van der Waals surface area contributed by atoms with Crippen LogP contribution in [0.25, 0.3) is 10.9 Å². The zero-order valence-electron chi connectivity index (χ0n) is 17.3. The predicted molar refractivity (Wildman–Crippen MR) is 117 cm³/mol. The van der Waals surface area contributed by atoms with Gasteiger partial charge in [0.05, 0.1) is 23.6 Å². The summed E-state index contributed by atoms with van der Waals surface area (Å²) in [5, 5.41) is 10.7. The monoisotopic (exact) mass is 423 g/mol. The molecule has 3 aromatic rings. The molecule has 2 aromatic carbocycles. The van der Waals surface area contributed by atoms with Crippen LogP contribution in [0.3, 0.4) is 0 Å². The number of aromatic nitrogens is 2. The topological polar surface area (TPSA) is 67.5 Å². The van der Waals surface area contributed by atoms with Gasteiger partial charge in [0, 0.05) is 26.2 Å². The van der Waals surface area contributed by atoms with Gasteiger partial charge in [0.25, 0.3) is 5.56 Å². The molecular formula is C24H26FN3O3. The Morgan fingerprint density at radius 2 is 1.77 bits per heavy atom. The number of benzene rings is 2. The predicted octanol–water partition coefficient (Wildman–Crippen LogP) is 2.13. The van der Waals surface area contributed by atoms with Gasteiger partial charge < -0.3 is 5.11 Å². The van der Waals surface area contributed by atoms with E-state index in [1.54, 1.807) is 6.07 Å². The van der Waals surface area contributed by atoms with Crippen molar-refractivity contribution in [3.8, 4) is 0 Å². The summed E-state index contributed by atoms with van der Waals surface area (Å²) in [5.74, 6) is -0.253. The maximum Gasteiger partial charge on any atom is 0.331 e. The molecule has 0 amide bonds. The standard InChI is InChI=1S/C24H26FN3O3/c25-20-6-3-7-21-22(20)23(30)28(24(31)27(21)12-16-8-9-16)15-19(29)14-26-11-10-17-4-1-2-5-18(17)13-26/h1-7,16,19,29H,8-15H2/t19-/m1/s1. The summed E-state index contributed by atoms with van der Waals surface area (Å²) in [7, 11) is 0. The summed E-state index contributed by atoms with van der Waals surface area (Å²) >= 11 is 0. The normalized spacial score (nSPS) is 17.6. The van der Waals surface area contributed by atoms with E-state index < -0.39 is 23.2 Å². The average Bonchev–Trinajstić information content (AvgIpc) is 3.58. The van der Waals surface area contributed by atoms with Gasteiger partial charge in [-0.15, -0.1) is 0 Å².